The fourth-order valence-electron chi connectivity index (χ4n) is 2.51. The highest BCUT2D eigenvalue weighted by Crippen LogP contribution is 2.26. The molecule has 0 atom stereocenters. The van der Waals surface area contributed by atoms with Gasteiger partial charge in [-0.15, -0.1) is 0 Å². The summed E-state index contributed by atoms with van der Waals surface area (Å²) in [7, 11) is 0. The monoisotopic (exact) mass is 320 g/mol. The zero-order valence-corrected chi connectivity index (χ0v) is 12.6. The fraction of sp³-hybridized carbons (Fsp3) is 0.0556. The first-order valence-electron chi connectivity index (χ1n) is 7.43. The average molecular weight is 320 g/mol. The van der Waals surface area contributed by atoms with Crippen LogP contribution in [0.15, 0.2) is 71.7 Å². The quantitative estimate of drug-likeness (QED) is 0.574. The Morgan fingerprint density at radius 3 is 2.67 bits per heavy atom. The summed E-state index contributed by atoms with van der Waals surface area (Å²) in [5.41, 5.74) is 2.70. The fourth-order valence-corrected chi connectivity index (χ4v) is 2.51. The summed E-state index contributed by atoms with van der Waals surface area (Å²) in [6.45, 7) is 0.287. The van der Waals surface area contributed by atoms with Crippen molar-refractivity contribution in [3.63, 3.8) is 0 Å². The lowest BCUT2D eigenvalue weighted by Gasteiger charge is -2.06. The first kappa shape index (κ1) is 14.3. The highest BCUT2D eigenvalue weighted by atomic mass is 19.1. The number of nitrogens with zero attached hydrogens (tertiary/aromatic N) is 4. The van der Waals surface area contributed by atoms with E-state index >= 15 is 0 Å². The van der Waals surface area contributed by atoms with E-state index in [0.717, 1.165) is 11.4 Å². The summed E-state index contributed by atoms with van der Waals surface area (Å²) in [6.07, 6.45) is 4.67. The molecule has 0 fully saturated rings. The topological polar surface area (TPSA) is 56.7 Å². The lowest BCUT2D eigenvalue weighted by Crippen LogP contribution is -2.05. The van der Waals surface area contributed by atoms with Gasteiger partial charge in [-0.05, 0) is 24.3 Å². The Morgan fingerprint density at radius 2 is 1.92 bits per heavy atom. The van der Waals surface area contributed by atoms with Crippen molar-refractivity contribution < 1.29 is 8.81 Å². The lowest BCUT2D eigenvalue weighted by molar-refractivity contribution is 0.554. The summed E-state index contributed by atoms with van der Waals surface area (Å²) in [6, 6.07) is 14.1. The number of halogens is 1. The summed E-state index contributed by atoms with van der Waals surface area (Å²) >= 11 is 0. The van der Waals surface area contributed by atoms with Crippen molar-refractivity contribution in [2.24, 2.45) is 0 Å². The first-order valence-corrected chi connectivity index (χ1v) is 7.43. The van der Waals surface area contributed by atoms with Gasteiger partial charge < -0.3 is 4.42 Å². The smallest absolute Gasteiger partial charge is 0.181 e. The van der Waals surface area contributed by atoms with E-state index < -0.39 is 0 Å². The Bertz CT molecular complexity index is 948. The summed E-state index contributed by atoms with van der Waals surface area (Å²) in [5.74, 6) is 0.303. The van der Waals surface area contributed by atoms with E-state index in [1.54, 1.807) is 35.3 Å². The highest BCUT2D eigenvalue weighted by molar-refractivity contribution is 5.63. The molecule has 0 spiro atoms. The molecule has 6 heteroatoms. The first-order chi connectivity index (χ1) is 11.8. The van der Waals surface area contributed by atoms with Gasteiger partial charge in [0.1, 0.15) is 17.2 Å². The SMILES string of the molecule is Fc1ccccc1Cn1nc(-c2ccccn2)cc1-c1cnco1. The van der Waals surface area contributed by atoms with Gasteiger partial charge in [0.05, 0.1) is 18.4 Å². The molecule has 1 aromatic carbocycles. The van der Waals surface area contributed by atoms with Crippen molar-refractivity contribution in [3.05, 3.63) is 78.7 Å². The van der Waals surface area contributed by atoms with Gasteiger partial charge in [-0.25, -0.2) is 9.37 Å². The zero-order valence-electron chi connectivity index (χ0n) is 12.6. The Hall–Kier alpha value is -3.28. The molecule has 0 N–H and O–H groups in total. The molecule has 0 aliphatic rings. The minimum atomic E-state index is -0.268. The molecule has 4 aromatic rings. The van der Waals surface area contributed by atoms with Crippen LogP contribution in [0.4, 0.5) is 4.39 Å². The normalized spacial score (nSPS) is 10.9. The van der Waals surface area contributed by atoms with E-state index in [4.69, 9.17) is 4.42 Å². The van der Waals surface area contributed by atoms with Crippen LogP contribution in [-0.4, -0.2) is 19.7 Å². The Balaban J connectivity index is 1.80. The van der Waals surface area contributed by atoms with Crippen molar-refractivity contribution in [1.29, 1.82) is 0 Å². The maximum Gasteiger partial charge on any atom is 0.181 e. The maximum absolute atomic E-state index is 14.0. The molecule has 3 heterocycles. The molecule has 0 saturated carbocycles. The largest absolute Gasteiger partial charge is 0.442 e. The molecule has 118 valence electrons. The van der Waals surface area contributed by atoms with Crippen LogP contribution in [0.3, 0.4) is 0 Å². The second-order valence-electron chi connectivity index (χ2n) is 5.24. The van der Waals surface area contributed by atoms with Gasteiger partial charge in [0.25, 0.3) is 0 Å². The van der Waals surface area contributed by atoms with Crippen LogP contribution < -0.4 is 0 Å². The van der Waals surface area contributed by atoms with E-state index in [2.05, 4.69) is 15.1 Å². The third-order valence-electron chi connectivity index (χ3n) is 3.67. The number of aromatic nitrogens is 4. The van der Waals surface area contributed by atoms with Gasteiger partial charge in [0.15, 0.2) is 12.2 Å². The predicted octanol–water partition coefficient (Wildman–Crippen LogP) is 3.79. The van der Waals surface area contributed by atoms with Gasteiger partial charge in [-0.3, -0.25) is 9.67 Å². The number of oxazole rings is 1. The second-order valence-corrected chi connectivity index (χ2v) is 5.24. The van der Waals surface area contributed by atoms with Gasteiger partial charge >= 0.3 is 0 Å². The molecule has 5 nitrogen and oxygen atoms in total. The molecule has 3 aromatic heterocycles. The van der Waals surface area contributed by atoms with Crippen LogP contribution in [0.2, 0.25) is 0 Å². The van der Waals surface area contributed by atoms with E-state index in [0.29, 0.717) is 17.0 Å². The molecule has 0 saturated heterocycles. The number of hydrogen-bond acceptors (Lipinski definition) is 4. The second kappa shape index (κ2) is 6.08. The van der Waals surface area contributed by atoms with Crippen LogP contribution in [0.1, 0.15) is 5.56 Å². The Labute approximate surface area is 137 Å². The Morgan fingerprint density at radius 1 is 1.04 bits per heavy atom. The third kappa shape index (κ3) is 2.69. The van der Waals surface area contributed by atoms with Crippen LogP contribution in [0.25, 0.3) is 22.8 Å². The van der Waals surface area contributed by atoms with Crippen LogP contribution >= 0.6 is 0 Å². The molecule has 0 radical (unpaired) electrons. The summed E-state index contributed by atoms with van der Waals surface area (Å²) in [4.78, 5) is 8.26. The Kier molecular flexibility index (Phi) is 3.63. The summed E-state index contributed by atoms with van der Waals surface area (Å²) < 4.78 is 21.1. The number of benzene rings is 1. The molecule has 4 rings (SSSR count). The minimum absolute atomic E-state index is 0.268. The van der Waals surface area contributed by atoms with Crippen LogP contribution in [0.5, 0.6) is 0 Å². The van der Waals surface area contributed by atoms with Crippen molar-refractivity contribution >= 4 is 0 Å². The number of pyridine rings is 1. The van der Waals surface area contributed by atoms with E-state index in [1.165, 1.54) is 12.5 Å². The van der Waals surface area contributed by atoms with E-state index in [-0.39, 0.29) is 12.4 Å². The third-order valence-corrected chi connectivity index (χ3v) is 3.67. The van der Waals surface area contributed by atoms with E-state index in [9.17, 15) is 4.39 Å². The predicted molar refractivity (Wildman–Crippen MR) is 86.5 cm³/mol. The molecule has 24 heavy (non-hydrogen) atoms. The molecule has 0 unspecified atom stereocenters. The van der Waals surface area contributed by atoms with Crippen molar-refractivity contribution in [1.82, 2.24) is 19.7 Å². The molecular weight excluding hydrogens is 307 g/mol. The average Bonchev–Trinajstić information content (AvgIpc) is 3.27. The van der Waals surface area contributed by atoms with Crippen molar-refractivity contribution in [3.8, 4) is 22.8 Å². The number of hydrogen-bond donors (Lipinski definition) is 0. The van der Waals surface area contributed by atoms with Gasteiger partial charge in [0, 0.05) is 11.8 Å². The zero-order chi connectivity index (χ0) is 16.4. The molecule has 0 amide bonds. The van der Waals surface area contributed by atoms with Gasteiger partial charge in [-0.2, -0.15) is 5.10 Å². The highest BCUT2D eigenvalue weighted by Gasteiger charge is 2.15. The molecular formula is C18H13FN4O. The van der Waals surface area contributed by atoms with Crippen LogP contribution in [-0.2, 0) is 6.54 Å². The van der Waals surface area contributed by atoms with Crippen molar-refractivity contribution in [2.45, 2.75) is 6.54 Å². The minimum Gasteiger partial charge on any atom is -0.442 e. The lowest BCUT2D eigenvalue weighted by atomic mass is 10.2. The van der Waals surface area contributed by atoms with Gasteiger partial charge in [0.2, 0.25) is 0 Å². The maximum atomic E-state index is 14.0. The van der Waals surface area contributed by atoms with Crippen molar-refractivity contribution in [2.75, 3.05) is 0 Å². The molecule has 0 aliphatic heterocycles. The number of rotatable bonds is 4. The summed E-state index contributed by atoms with van der Waals surface area (Å²) in [5, 5.41) is 4.57. The van der Waals surface area contributed by atoms with Gasteiger partial charge in [-0.1, -0.05) is 24.3 Å². The molecule has 0 aliphatic carbocycles. The van der Waals surface area contributed by atoms with Crippen LogP contribution in [0, 0.1) is 5.82 Å². The molecule has 0 bridgehead atoms. The standard InChI is InChI=1S/C18H13FN4O/c19-14-6-2-1-5-13(14)11-23-17(18-10-20-12-24-18)9-16(22-23)15-7-3-4-8-21-15/h1-10,12H,11H2. The van der Waals surface area contributed by atoms with E-state index in [1.807, 2.05) is 24.3 Å².